The molecule has 0 spiro atoms. The molecule has 0 amide bonds. The minimum Gasteiger partial charge on any atom is -0.371 e. The van der Waals surface area contributed by atoms with Crippen LogP contribution >= 0.6 is 11.8 Å². The molecule has 2 aromatic rings. The molecule has 1 aliphatic rings. The van der Waals surface area contributed by atoms with Crippen molar-refractivity contribution in [3.8, 4) is 11.1 Å². The topological polar surface area (TPSA) is 36.9 Å². The number of methoxy groups -OCH3 is 1. The van der Waals surface area contributed by atoms with Gasteiger partial charge in [0, 0.05) is 32.9 Å². The molecule has 0 bridgehead atoms. The Hall–Kier alpha value is -2.24. The molecule has 1 saturated heterocycles. The lowest BCUT2D eigenvalue weighted by atomic mass is 9.98. The zero-order chi connectivity index (χ0) is 20.9. The van der Waals surface area contributed by atoms with Crippen LogP contribution in [-0.2, 0) is 4.74 Å². The first-order valence-corrected chi connectivity index (χ1v) is 10.9. The molecule has 0 atom stereocenters. The second-order valence-electron chi connectivity index (χ2n) is 7.01. The van der Waals surface area contributed by atoms with E-state index < -0.39 is 0 Å². The molecule has 0 radical (unpaired) electrons. The van der Waals surface area contributed by atoms with E-state index in [9.17, 15) is 0 Å². The van der Waals surface area contributed by atoms with Crippen molar-refractivity contribution in [2.24, 2.45) is 10.9 Å². The zero-order valence-electron chi connectivity index (χ0n) is 17.8. The van der Waals surface area contributed by atoms with E-state index in [1.165, 1.54) is 54.5 Å². The molecular formula is C24H33N3OS. The fraction of sp³-hybridized carbons (Fsp3) is 0.375. The van der Waals surface area contributed by atoms with Gasteiger partial charge in [0.2, 0.25) is 0 Å². The second-order valence-corrected chi connectivity index (χ2v) is 7.96. The van der Waals surface area contributed by atoms with Gasteiger partial charge in [-0.15, -0.1) is 0 Å². The van der Waals surface area contributed by atoms with Gasteiger partial charge in [-0.3, -0.25) is 4.99 Å². The third kappa shape index (κ3) is 7.95. The number of nitrogens with zero attached hydrogens (tertiary/aromatic N) is 2. The lowest BCUT2D eigenvalue weighted by molar-refractivity contribution is 0.193. The number of amidine groups is 1. The maximum Gasteiger partial charge on any atom is 0.162 e. The number of thioether (sulfide) groups is 1. The van der Waals surface area contributed by atoms with Crippen LogP contribution in [-0.4, -0.2) is 39.1 Å². The third-order valence-electron chi connectivity index (χ3n) is 4.87. The van der Waals surface area contributed by atoms with E-state index in [0.29, 0.717) is 6.73 Å². The SMILES string of the molecule is C=CSC(=NC)NCOC.CC1CCN(c2cccc(-c3ccccc3)c2)CC1. The normalized spacial score (nSPS) is 14.7. The van der Waals surface area contributed by atoms with Crippen LogP contribution in [0.1, 0.15) is 19.8 Å². The molecule has 5 heteroatoms. The highest BCUT2D eigenvalue weighted by Gasteiger charge is 2.16. The van der Waals surface area contributed by atoms with E-state index in [-0.39, 0.29) is 0 Å². The number of anilines is 1. The summed E-state index contributed by atoms with van der Waals surface area (Å²) in [7, 11) is 3.34. The first-order chi connectivity index (χ1) is 14.2. The van der Waals surface area contributed by atoms with Crippen LogP contribution in [0.5, 0.6) is 0 Å². The van der Waals surface area contributed by atoms with E-state index in [4.69, 9.17) is 4.74 Å². The van der Waals surface area contributed by atoms with Crippen LogP contribution in [0.4, 0.5) is 5.69 Å². The van der Waals surface area contributed by atoms with Crippen molar-refractivity contribution >= 4 is 22.6 Å². The standard InChI is InChI=1S/C18H21N.C6H12N2OS/c1-15-10-12-19(13-11-15)18-9-5-8-17(14-18)16-6-3-2-4-7-16;1-4-10-6(7-2)8-5-9-3/h2-9,14-15H,10-13H2,1H3;4H,1,5H2,2-3H3,(H,7,8). The summed E-state index contributed by atoms with van der Waals surface area (Å²) >= 11 is 1.44. The van der Waals surface area contributed by atoms with Crippen molar-refractivity contribution in [3.63, 3.8) is 0 Å². The van der Waals surface area contributed by atoms with Crippen molar-refractivity contribution < 1.29 is 4.74 Å². The van der Waals surface area contributed by atoms with Crippen LogP contribution in [0.2, 0.25) is 0 Å². The smallest absolute Gasteiger partial charge is 0.162 e. The summed E-state index contributed by atoms with van der Waals surface area (Å²) in [5, 5.41) is 5.47. The van der Waals surface area contributed by atoms with Gasteiger partial charge in [-0.05, 0) is 47.4 Å². The zero-order valence-corrected chi connectivity index (χ0v) is 18.6. The number of benzene rings is 2. The number of hydrogen-bond acceptors (Lipinski definition) is 4. The van der Waals surface area contributed by atoms with E-state index in [1.54, 1.807) is 19.6 Å². The number of ether oxygens (including phenoxy) is 1. The number of hydrogen-bond donors (Lipinski definition) is 1. The number of rotatable bonds is 5. The lowest BCUT2D eigenvalue weighted by Crippen LogP contribution is -2.32. The van der Waals surface area contributed by atoms with Gasteiger partial charge in [0.1, 0.15) is 6.73 Å². The molecule has 156 valence electrons. The predicted molar refractivity (Wildman–Crippen MR) is 129 cm³/mol. The highest BCUT2D eigenvalue weighted by atomic mass is 32.2. The van der Waals surface area contributed by atoms with Crippen LogP contribution < -0.4 is 10.2 Å². The summed E-state index contributed by atoms with van der Waals surface area (Å²) in [4.78, 5) is 6.45. The Balaban J connectivity index is 0.000000257. The first-order valence-electron chi connectivity index (χ1n) is 10.1. The van der Waals surface area contributed by atoms with Crippen molar-refractivity contribution in [1.82, 2.24) is 5.32 Å². The molecule has 29 heavy (non-hydrogen) atoms. The summed E-state index contributed by atoms with van der Waals surface area (Å²) in [6.07, 6.45) is 2.63. The summed E-state index contributed by atoms with van der Waals surface area (Å²) < 4.78 is 4.78. The number of piperidine rings is 1. The Labute approximate surface area is 180 Å². The summed E-state index contributed by atoms with van der Waals surface area (Å²) in [5.41, 5.74) is 3.99. The molecule has 3 rings (SSSR count). The van der Waals surface area contributed by atoms with Gasteiger partial charge < -0.3 is 15.0 Å². The minimum absolute atomic E-state index is 0.480. The highest BCUT2D eigenvalue weighted by molar-refractivity contribution is 8.16. The average Bonchev–Trinajstić information content (AvgIpc) is 2.78. The average molecular weight is 412 g/mol. The maximum absolute atomic E-state index is 4.78. The van der Waals surface area contributed by atoms with Crippen molar-refractivity contribution in [2.45, 2.75) is 19.8 Å². The second kappa shape index (κ2) is 13.1. The fourth-order valence-electron chi connectivity index (χ4n) is 3.17. The number of nitrogens with one attached hydrogen (secondary N) is 1. The molecule has 2 aromatic carbocycles. The van der Waals surface area contributed by atoms with Gasteiger partial charge in [-0.1, -0.05) is 67.7 Å². The van der Waals surface area contributed by atoms with E-state index >= 15 is 0 Å². The van der Waals surface area contributed by atoms with Crippen molar-refractivity contribution in [3.05, 3.63) is 66.6 Å². The maximum atomic E-state index is 4.78. The van der Waals surface area contributed by atoms with Gasteiger partial charge in [0.05, 0.1) is 0 Å². The van der Waals surface area contributed by atoms with Crippen LogP contribution in [0.25, 0.3) is 11.1 Å². The van der Waals surface area contributed by atoms with Crippen molar-refractivity contribution in [2.75, 3.05) is 38.9 Å². The van der Waals surface area contributed by atoms with Gasteiger partial charge in [-0.2, -0.15) is 0 Å². The van der Waals surface area contributed by atoms with Crippen LogP contribution in [0, 0.1) is 5.92 Å². The molecule has 4 nitrogen and oxygen atoms in total. The van der Waals surface area contributed by atoms with Crippen LogP contribution in [0.15, 0.2) is 71.6 Å². The Morgan fingerprint density at radius 3 is 2.48 bits per heavy atom. The highest BCUT2D eigenvalue weighted by Crippen LogP contribution is 2.27. The van der Waals surface area contributed by atoms with E-state index in [1.807, 2.05) is 0 Å². The fourth-order valence-corrected chi connectivity index (χ4v) is 3.57. The Morgan fingerprint density at radius 1 is 1.17 bits per heavy atom. The minimum atomic E-state index is 0.480. The van der Waals surface area contributed by atoms with Gasteiger partial charge in [0.25, 0.3) is 0 Å². The molecule has 0 aromatic heterocycles. The first kappa shape index (κ1) is 23.0. The van der Waals surface area contributed by atoms with Gasteiger partial charge in [-0.25, -0.2) is 0 Å². The Morgan fingerprint density at radius 2 is 1.86 bits per heavy atom. The largest absolute Gasteiger partial charge is 0.371 e. The monoisotopic (exact) mass is 411 g/mol. The third-order valence-corrected chi connectivity index (χ3v) is 5.58. The number of aliphatic imine (C=N–C) groups is 1. The van der Waals surface area contributed by atoms with Crippen molar-refractivity contribution in [1.29, 1.82) is 0 Å². The summed E-state index contributed by atoms with van der Waals surface area (Å²) in [5.74, 6) is 0.883. The van der Waals surface area contributed by atoms with Crippen LogP contribution in [0.3, 0.4) is 0 Å². The summed E-state index contributed by atoms with van der Waals surface area (Å²) in [6.45, 7) is 8.78. The molecule has 0 aliphatic carbocycles. The van der Waals surface area contributed by atoms with E-state index in [2.05, 4.69) is 83.3 Å². The lowest BCUT2D eigenvalue weighted by Gasteiger charge is -2.32. The Kier molecular flexibility index (Phi) is 10.4. The van der Waals surface area contributed by atoms with E-state index in [0.717, 1.165) is 11.1 Å². The summed E-state index contributed by atoms with van der Waals surface area (Å²) in [6, 6.07) is 19.6. The van der Waals surface area contributed by atoms with Gasteiger partial charge >= 0.3 is 0 Å². The quantitative estimate of drug-likeness (QED) is 0.393. The molecule has 1 fully saturated rings. The molecule has 1 N–H and O–H groups in total. The molecule has 0 unspecified atom stereocenters. The Bertz CT molecular complexity index is 756. The van der Waals surface area contributed by atoms with Gasteiger partial charge in [0.15, 0.2) is 5.17 Å². The molecular weight excluding hydrogens is 378 g/mol. The predicted octanol–water partition coefficient (Wildman–Crippen LogP) is 5.63. The molecule has 1 heterocycles. The molecule has 1 aliphatic heterocycles. The molecule has 0 saturated carbocycles.